The smallest absolute Gasteiger partial charge is 0.0503 e. The molecular formula is C11H14BrNS. The molecule has 0 bridgehead atoms. The molecule has 0 atom stereocenters. The zero-order valence-corrected chi connectivity index (χ0v) is 11.1. The molecule has 0 fully saturated rings. The third-order valence-electron chi connectivity index (χ3n) is 2.34. The molecule has 2 rings (SSSR count). The fraction of sp³-hybridized carbons (Fsp3) is 0.455. The number of halogens is 1. The van der Waals surface area contributed by atoms with Gasteiger partial charge in [-0.25, -0.2) is 0 Å². The van der Waals surface area contributed by atoms with E-state index in [1.165, 1.54) is 10.6 Å². The van der Waals surface area contributed by atoms with Crippen LogP contribution in [0.3, 0.4) is 0 Å². The minimum Gasteiger partial charge on any atom is -0.372 e. The largest absolute Gasteiger partial charge is 0.372 e. The van der Waals surface area contributed by atoms with Gasteiger partial charge in [-0.3, -0.25) is 0 Å². The van der Waals surface area contributed by atoms with E-state index in [1.54, 1.807) is 0 Å². The molecule has 1 nitrogen and oxygen atoms in total. The Morgan fingerprint density at radius 3 is 2.86 bits per heavy atom. The van der Waals surface area contributed by atoms with Gasteiger partial charge in [0.05, 0.1) is 5.69 Å². The summed E-state index contributed by atoms with van der Waals surface area (Å²) in [6.45, 7) is 5.68. The van der Waals surface area contributed by atoms with Crippen LogP contribution in [0.1, 0.15) is 13.8 Å². The summed E-state index contributed by atoms with van der Waals surface area (Å²) >= 11 is 5.48. The summed E-state index contributed by atoms with van der Waals surface area (Å²) in [5, 5.41) is 0. The SMILES string of the molecule is CN1CC(C)(C)Sc2cc(Br)ccc21. The first kappa shape index (κ1) is 10.4. The summed E-state index contributed by atoms with van der Waals surface area (Å²) in [5.74, 6) is 0. The van der Waals surface area contributed by atoms with Crippen molar-refractivity contribution in [1.82, 2.24) is 0 Å². The van der Waals surface area contributed by atoms with Crippen molar-refractivity contribution >= 4 is 33.4 Å². The zero-order valence-electron chi connectivity index (χ0n) is 8.67. The van der Waals surface area contributed by atoms with Crippen LogP contribution in [0.15, 0.2) is 27.6 Å². The molecule has 3 heteroatoms. The molecule has 1 aliphatic rings. The van der Waals surface area contributed by atoms with E-state index in [4.69, 9.17) is 0 Å². The fourth-order valence-corrected chi connectivity index (χ4v) is 3.75. The van der Waals surface area contributed by atoms with Gasteiger partial charge in [0, 0.05) is 27.7 Å². The van der Waals surface area contributed by atoms with Gasteiger partial charge in [-0.05, 0) is 32.0 Å². The number of nitrogens with zero attached hydrogens (tertiary/aromatic N) is 1. The maximum atomic E-state index is 3.52. The van der Waals surface area contributed by atoms with E-state index in [9.17, 15) is 0 Å². The molecule has 0 amide bonds. The van der Waals surface area contributed by atoms with Gasteiger partial charge >= 0.3 is 0 Å². The average molecular weight is 272 g/mol. The van der Waals surface area contributed by atoms with Crippen LogP contribution in [-0.2, 0) is 0 Å². The number of fused-ring (bicyclic) bond motifs is 1. The van der Waals surface area contributed by atoms with Gasteiger partial charge in [0.1, 0.15) is 0 Å². The monoisotopic (exact) mass is 271 g/mol. The Morgan fingerprint density at radius 1 is 1.43 bits per heavy atom. The molecular weight excluding hydrogens is 258 g/mol. The molecule has 1 heterocycles. The predicted molar refractivity (Wildman–Crippen MR) is 67.3 cm³/mol. The van der Waals surface area contributed by atoms with E-state index in [1.807, 2.05) is 11.8 Å². The van der Waals surface area contributed by atoms with E-state index in [0.717, 1.165) is 11.0 Å². The highest BCUT2D eigenvalue weighted by molar-refractivity contribution is 9.10. The van der Waals surface area contributed by atoms with Crippen LogP contribution in [0, 0.1) is 0 Å². The van der Waals surface area contributed by atoms with Gasteiger partial charge in [0.25, 0.3) is 0 Å². The van der Waals surface area contributed by atoms with E-state index >= 15 is 0 Å². The van der Waals surface area contributed by atoms with Crippen molar-refractivity contribution in [3.8, 4) is 0 Å². The van der Waals surface area contributed by atoms with E-state index < -0.39 is 0 Å². The molecule has 1 aromatic carbocycles. The number of hydrogen-bond acceptors (Lipinski definition) is 2. The zero-order chi connectivity index (χ0) is 10.3. The quantitative estimate of drug-likeness (QED) is 0.707. The summed E-state index contributed by atoms with van der Waals surface area (Å²) < 4.78 is 1.47. The molecule has 76 valence electrons. The number of hydrogen-bond donors (Lipinski definition) is 0. The first-order valence-corrected chi connectivity index (χ1v) is 6.29. The molecule has 0 radical (unpaired) electrons. The third-order valence-corrected chi connectivity index (χ3v) is 4.06. The van der Waals surface area contributed by atoms with Gasteiger partial charge in [-0.1, -0.05) is 15.9 Å². The lowest BCUT2D eigenvalue weighted by Gasteiger charge is -2.38. The number of rotatable bonds is 0. The normalized spacial score (nSPS) is 19.3. The Morgan fingerprint density at radius 2 is 2.14 bits per heavy atom. The van der Waals surface area contributed by atoms with Crippen LogP contribution in [0.5, 0.6) is 0 Å². The van der Waals surface area contributed by atoms with Crippen LogP contribution >= 0.6 is 27.7 Å². The summed E-state index contributed by atoms with van der Waals surface area (Å²) in [6, 6.07) is 6.49. The minimum absolute atomic E-state index is 0.308. The van der Waals surface area contributed by atoms with E-state index in [0.29, 0.717) is 4.75 Å². The highest BCUT2D eigenvalue weighted by Gasteiger charge is 2.28. The van der Waals surface area contributed by atoms with Gasteiger partial charge in [-0.15, -0.1) is 11.8 Å². The van der Waals surface area contributed by atoms with Gasteiger partial charge in [-0.2, -0.15) is 0 Å². The van der Waals surface area contributed by atoms with Crippen LogP contribution in [0.4, 0.5) is 5.69 Å². The van der Waals surface area contributed by atoms with Crippen molar-refractivity contribution < 1.29 is 0 Å². The third kappa shape index (κ3) is 1.94. The number of anilines is 1. The second kappa shape index (κ2) is 3.46. The maximum absolute atomic E-state index is 3.52. The minimum atomic E-state index is 0.308. The van der Waals surface area contributed by atoms with Gasteiger partial charge < -0.3 is 4.90 Å². The molecule has 0 saturated carbocycles. The maximum Gasteiger partial charge on any atom is 0.0503 e. The van der Waals surface area contributed by atoms with Crippen molar-refractivity contribution in [3.05, 3.63) is 22.7 Å². The van der Waals surface area contributed by atoms with E-state index in [2.05, 4.69) is 59.9 Å². The molecule has 14 heavy (non-hydrogen) atoms. The first-order chi connectivity index (χ1) is 6.48. The highest BCUT2D eigenvalue weighted by atomic mass is 79.9. The van der Waals surface area contributed by atoms with Crippen molar-refractivity contribution in [2.75, 3.05) is 18.5 Å². The molecule has 1 aromatic rings. The Kier molecular flexibility index (Phi) is 2.56. The summed E-state index contributed by atoms with van der Waals surface area (Å²) in [4.78, 5) is 3.70. The molecule has 0 spiro atoms. The average Bonchev–Trinajstić information content (AvgIpc) is 2.00. The Balaban J connectivity index is 2.46. The molecule has 0 unspecified atom stereocenters. The summed E-state index contributed by atoms with van der Waals surface area (Å²) in [6.07, 6.45) is 0. The number of thioether (sulfide) groups is 1. The lowest BCUT2D eigenvalue weighted by molar-refractivity contribution is 0.676. The standard InChI is InChI=1S/C11H14BrNS/c1-11(2)7-13(3)9-5-4-8(12)6-10(9)14-11/h4-6H,7H2,1-3H3. The molecule has 1 aliphatic heterocycles. The van der Waals surface area contributed by atoms with Crippen molar-refractivity contribution in [2.24, 2.45) is 0 Å². The lowest BCUT2D eigenvalue weighted by atomic mass is 10.1. The first-order valence-electron chi connectivity index (χ1n) is 4.68. The van der Waals surface area contributed by atoms with Crippen LogP contribution in [-0.4, -0.2) is 18.3 Å². The van der Waals surface area contributed by atoms with Gasteiger partial charge in [0.2, 0.25) is 0 Å². The fourth-order valence-electron chi connectivity index (χ4n) is 1.87. The number of benzene rings is 1. The second-order valence-corrected chi connectivity index (χ2v) is 6.99. The van der Waals surface area contributed by atoms with Crippen molar-refractivity contribution in [3.63, 3.8) is 0 Å². The van der Waals surface area contributed by atoms with Crippen LogP contribution in [0.2, 0.25) is 0 Å². The van der Waals surface area contributed by atoms with Crippen molar-refractivity contribution in [2.45, 2.75) is 23.5 Å². The predicted octanol–water partition coefficient (Wildman–Crippen LogP) is 3.77. The van der Waals surface area contributed by atoms with Gasteiger partial charge in [0.15, 0.2) is 0 Å². The second-order valence-electron chi connectivity index (χ2n) is 4.33. The molecule has 0 aromatic heterocycles. The lowest BCUT2D eigenvalue weighted by Crippen LogP contribution is -2.37. The van der Waals surface area contributed by atoms with Crippen molar-refractivity contribution in [1.29, 1.82) is 0 Å². The Bertz CT molecular complexity index is 362. The van der Waals surface area contributed by atoms with E-state index in [-0.39, 0.29) is 0 Å². The topological polar surface area (TPSA) is 3.24 Å². The molecule has 0 saturated heterocycles. The molecule has 0 N–H and O–H groups in total. The van der Waals surface area contributed by atoms with Crippen LogP contribution in [0.25, 0.3) is 0 Å². The summed E-state index contributed by atoms with van der Waals surface area (Å²) in [7, 11) is 2.16. The molecule has 0 aliphatic carbocycles. The van der Waals surface area contributed by atoms with Crippen LogP contribution < -0.4 is 4.90 Å². The Labute approximate surface area is 98.0 Å². The Hall–Kier alpha value is -0.150. The highest BCUT2D eigenvalue weighted by Crippen LogP contribution is 2.44. The summed E-state index contributed by atoms with van der Waals surface area (Å²) in [5.41, 5.74) is 1.34.